The lowest BCUT2D eigenvalue weighted by Crippen LogP contribution is -1.97. The molecule has 0 aliphatic rings. The lowest BCUT2D eigenvalue weighted by atomic mass is 10.3. The van der Waals surface area contributed by atoms with Crippen molar-refractivity contribution in [1.82, 2.24) is 0 Å². The zero-order valence-electron chi connectivity index (χ0n) is 8.71. The first kappa shape index (κ1) is 12.0. The van der Waals surface area contributed by atoms with E-state index in [1.165, 1.54) is 6.07 Å². The van der Waals surface area contributed by atoms with Gasteiger partial charge in [-0.2, -0.15) is 0 Å². The number of benzene rings is 1. The molecule has 2 N–H and O–H groups in total. The molecule has 1 aromatic carbocycles. The maximum Gasteiger partial charge on any atom is 0.371 e. The van der Waals surface area contributed by atoms with Crippen molar-refractivity contribution in [3.05, 3.63) is 47.5 Å². The van der Waals surface area contributed by atoms with Gasteiger partial charge in [0.1, 0.15) is 5.82 Å². The standard InChI is InChI=1S/C11H6F3NO3/c12-5-3-6(13)10(14)7(4-5)15-9-2-1-8(18-9)11(16)17/h1-4,15H,(H,16,17). The summed E-state index contributed by atoms with van der Waals surface area (Å²) in [5.74, 6) is -5.45. The Balaban J connectivity index is 2.30. The molecular weight excluding hydrogens is 251 g/mol. The van der Waals surface area contributed by atoms with E-state index < -0.39 is 29.1 Å². The van der Waals surface area contributed by atoms with E-state index >= 15 is 0 Å². The summed E-state index contributed by atoms with van der Waals surface area (Å²) >= 11 is 0. The Morgan fingerprint density at radius 3 is 2.56 bits per heavy atom. The third kappa shape index (κ3) is 2.29. The summed E-state index contributed by atoms with van der Waals surface area (Å²) < 4.78 is 43.8. The minimum absolute atomic E-state index is 0.142. The number of hydrogen-bond donors (Lipinski definition) is 2. The Kier molecular flexibility index (Phi) is 2.97. The van der Waals surface area contributed by atoms with Crippen LogP contribution in [0.5, 0.6) is 0 Å². The molecule has 0 spiro atoms. The molecule has 0 amide bonds. The Hall–Kier alpha value is -2.44. The van der Waals surface area contributed by atoms with Gasteiger partial charge in [-0.25, -0.2) is 18.0 Å². The van der Waals surface area contributed by atoms with E-state index in [4.69, 9.17) is 9.52 Å². The number of carboxylic acids is 1. The van der Waals surface area contributed by atoms with Gasteiger partial charge in [0, 0.05) is 18.2 Å². The summed E-state index contributed by atoms with van der Waals surface area (Å²) in [6, 6.07) is 3.44. The molecule has 2 rings (SSSR count). The van der Waals surface area contributed by atoms with Crippen molar-refractivity contribution in [1.29, 1.82) is 0 Å². The van der Waals surface area contributed by atoms with Gasteiger partial charge in [-0.15, -0.1) is 0 Å². The molecule has 0 aliphatic heterocycles. The second-order valence-corrected chi connectivity index (χ2v) is 3.34. The molecule has 4 nitrogen and oxygen atoms in total. The zero-order valence-corrected chi connectivity index (χ0v) is 8.71. The van der Waals surface area contributed by atoms with Gasteiger partial charge in [0.05, 0.1) is 5.69 Å². The van der Waals surface area contributed by atoms with Gasteiger partial charge in [0.15, 0.2) is 17.5 Å². The number of rotatable bonds is 3. The number of furan rings is 1. The number of anilines is 2. The fraction of sp³-hybridized carbons (Fsp3) is 0. The van der Waals surface area contributed by atoms with E-state index in [0.717, 1.165) is 12.1 Å². The van der Waals surface area contributed by atoms with Crippen LogP contribution in [0.2, 0.25) is 0 Å². The summed E-state index contributed by atoms with van der Waals surface area (Å²) in [5.41, 5.74) is -0.487. The molecule has 0 bridgehead atoms. The predicted molar refractivity (Wildman–Crippen MR) is 55.3 cm³/mol. The quantitative estimate of drug-likeness (QED) is 0.829. The van der Waals surface area contributed by atoms with Gasteiger partial charge in [-0.3, -0.25) is 0 Å². The van der Waals surface area contributed by atoms with E-state index in [1.807, 2.05) is 0 Å². The highest BCUT2D eigenvalue weighted by atomic mass is 19.2. The van der Waals surface area contributed by atoms with Crippen LogP contribution in [0.4, 0.5) is 24.7 Å². The molecule has 0 atom stereocenters. The highest BCUT2D eigenvalue weighted by Crippen LogP contribution is 2.24. The maximum atomic E-state index is 13.3. The molecule has 1 heterocycles. The average molecular weight is 257 g/mol. The van der Waals surface area contributed by atoms with Crippen LogP contribution >= 0.6 is 0 Å². The van der Waals surface area contributed by atoms with Crippen LogP contribution < -0.4 is 5.32 Å². The van der Waals surface area contributed by atoms with Crippen molar-refractivity contribution in [3.63, 3.8) is 0 Å². The molecule has 0 aliphatic carbocycles. The zero-order chi connectivity index (χ0) is 13.3. The smallest absolute Gasteiger partial charge is 0.371 e. The first-order valence-electron chi connectivity index (χ1n) is 4.72. The lowest BCUT2D eigenvalue weighted by molar-refractivity contribution is 0.0663. The van der Waals surface area contributed by atoms with Gasteiger partial charge in [-0.05, 0) is 6.07 Å². The van der Waals surface area contributed by atoms with Crippen molar-refractivity contribution in [2.45, 2.75) is 0 Å². The largest absolute Gasteiger partial charge is 0.475 e. The maximum absolute atomic E-state index is 13.3. The van der Waals surface area contributed by atoms with Crippen molar-refractivity contribution >= 4 is 17.5 Å². The van der Waals surface area contributed by atoms with Crippen molar-refractivity contribution in [2.24, 2.45) is 0 Å². The first-order valence-corrected chi connectivity index (χ1v) is 4.72. The molecule has 0 saturated heterocycles. The lowest BCUT2D eigenvalue weighted by Gasteiger charge is -2.05. The molecular formula is C11H6F3NO3. The first-order chi connectivity index (χ1) is 8.47. The predicted octanol–water partition coefficient (Wildman–Crippen LogP) is 3.14. The van der Waals surface area contributed by atoms with Gasteiger partial charge >= 0.3 is 5.97 Å². The number of aromatic carboxylic acids is 1. The molecule has 0 unspecified atom stereocenters. The number of carbonyl (C=O) groups is 1. The normalized spacial score (nSPS) is 10.4. The number of nitrogens with one attached hydrogen (secondary N) is 1. The molecule has 1 aromatic heterocycles. The van der Waals surface area contributed by atoms with E-state index in [9.17, 15) is 18.0 Å². The van der Waals surface area contributed by atoms with E-state index in [-0.39, 0.29) is 11.6 Å². The molecule has 0 saturated carbocycles. The van der Waals surface area contributed by atoms with Crippen LogP contribution in [0, 0.1) is 17.5 Å². The number of hydrogen-bond acceptors (Lipinski definition) is 3. The van der Waals surface area contributed by atoms with Crippen LogP contribution in [0.15, 0.2) is 28.7 Å². The van der Waals surface area contributed by atoms with Crippen LogP contribution in [0.25, 0.3) is 0 Å². The summed E-state index contributed by atoms with van der Waals surface area (Å²) in [4.78, 5) is 10.5. The Morgan fingerprint density at radius 2 is 1.94 bits per heavy atom. The molecule has 2 aromatic rings. The molecule has 18 heavy (non-hydrogen) atoms. The topological polar surface area (TPSA) is 62.5 Å². The van der Waals surface area contributed by atoms with E-state index in [0.29, 0.717) is 6.07 Å². The second-order valence-electron chi connectivity index (χ2n) is 3.34. The van der Waals surface area contributed by atoms with Gasteiger partial charge < -0.3 is 14.8 Å². The van der Waals surface area contributed by atoms with Crippen molar-refractivity contribution < 1.29 is 27.5 Å². The highest BCUT2D eigenvalue weighted by molar-refractivity contribution is 5.85. The number of carboxylic acid groups (broad SMARTS) is 1. The van der Waals surface area contributed by atoms with E-state index in [1.54, 1.807) is 0 Å². The number of halogens is 3. The fourth-order valence-electron chi connectivity index (χ4n) is 1.30. The second kappa shape index (κ2) is 4.44. The van der Waals surface area contributed by atoms with E-state index in [2.05, 4.69) is 5.32 Å². The minimum atomic E-state index is -1.36. The minimum Gasteiger partial charge on any atom is -0.475 e. The molecule has 0 fully saturated rings. The van der Waals surface area contributed by atoms with Crippen LogP contribution in [-0.4, -0.2) is 11.1 Å². The Bertz CT molecular complexity index is 610. The Morgan fingerprint density at radius 1 is 1.22 bits per heavy atom. The monoisotopic (exact) mass is 257 g/mol. The molecule has 7 heteroatoms. The van der Waals surface area contributed by atoms with Crippen molar-refractivity contribution in [3.8, 4) is 0 Å². The summed E-state index contributed by atoms with van der Waals surface area (Å²) in [6.45, 7) is 0. The third-order valence-electron chi connectivity index (χ3n) is 2.07. The van der Waals surface area contributed by atoms with Gasteiger partial charge in [-0.1, -0.05) is 0 Å². The van der Waals surface area contributed by atoms with Crippen molar-refractivity contribution in [2.75, 3.05) is 5.32 Å². The summed E-state index contributed by atoms with van der Waals surface area (Å²) in [7, 11) is 0. The van der Waals surface area contributed by atoms with Gasteiger partial charge in [0.25, 0.3) is 0 Å². The molecule has 0 radical (unpaired) electrons. The van der Waals surface area contributed by atoms with Crippen LogP contribution in [0.1, 0.15) is 10.6 Å². The van der Waals surface area contributed by atoms with Crippen LogP contribution in [-0.2, 0) is 0 Å². The fourth-order valence-corrected chi connectivity index (χ4v) is 1.30. The van der Waals surface area contributed by atoms with Crippen LogP contribution in [0.3, 0.4) is 0 Å². The summed E-state index contributed by atoms with van der Waals surface area (Å²) in [5, 5.41) is 10.8. The summed E-state index contributed by atoms with van der Waals surface area (Å²) in [6.07, 6.45) is 0. The van der Waals surface area contributed by atoms with Gasteiger partial charge in [0.2, 0.25) is 5.76 Å². The third-order valence-corrected chi connectivity index (χ3v) is 2.07. The highest BCUT2D eigenvalue weighted by Gasteiger charge is 2.14. The Labute approximate surface area is 98.6 Å². The average Bonchev–Trinajstić information content (AvgIpc) is 2.74. The molecule has 94 valence electrons. The SMILES string of the molecule is O=C(O)c1ccc(Nc2cc(F)cc(F)c2F)o1.